The van der Waals surface area contributed by atoms with Gasteiger partial charge in [-0.25, -0.2) is 4.39 Å². The fourth-order valence-electron chi connectivity index (χ4n) is 0.894. The highest BCUT2D eigenvalue weighted by Gasteiger charge is 1.98. The summed E-state index contributed by atoms with van der Waals surface area (Å²) < 4.78 is 12.8. The molecule has 0 aliphatic carbocycles. The second-order valence-corrected chi connectivity index (χ2v) is 2.45. The molecular weight excluding hydrogens is 185 g/mol. The standard InChI is InChI=1S/C9H8FN3O/c10-8-3-7(6-14)4-9(5-8)13-12-2-1-11/h1-6,11,13H/b11-1?,12-2-. The summed E-state index contributed by atoms with van der Waals surface area (Å²) >= 11 is 0. The van der Waals surface area contributed by atoms with Crippen molar-refractivity contribution >= 4 is 24.4 Å². The van der Waals surface area contributed by atoms with Crippen LogP contribution in [0.5, 0.6) is 0 Å². The van der Waals surface area contributed by atoms with Crippen LogP contribution in [0.1, 0.15) is 10.4 Å². The Bertz CT molecular complexity index is 376. The second kappa shape index (κ2) is 4.86. The molecule has 5 heteroatoms. The number of nitrogens with one attached hydrogen (secondary N) is 2. The van der Waals surface area contributed by atoms with Crippen molar-refractivity contribution in [1.29, 1.82) is 5.41 Å². The van der Waals surface area contributed by atoms with Crippen LogP contribution in [-0.2, 0) is 0 Å². The maximum Gasteiger partial charge on any atom is 0.150 e. The molecule has 0 spiro atoms. The lowest BCUT2D eigenvalue weighted by atomic mass is 10.2. The Hall–Kier alpha value is -2.04. The van der Waals surface area contributed by atoms with E-state index < -0.39 is 5.82 Å². The predicted octanol–water partition coefficient (Wildman–Crippen LogP) is 1.69. The van der Waals surface area contributed by atoms with Crippen LogP contribution in [0.3, 0.4) is 0 Å². The molecule has 14 heavy (non-hydrogen) atoms. The Labute approximate surface area is 80.0 Å². The highest BCUT2D eigenvalue weighted by atomic mass is 19.1. The fraction of sp³-hybridized carbons (Fsp3) is 0. The first-order valence-electron chi connectivity index (χ1n) is 3.80. The van der Waals surface area contributed by atoms with Crippen molar-refractivity contribution in [2.75, 3.05) is 5.43 Å². The lowest BCUT2D eigenvalue weighted by Crippen LogP contribution is -1.92. The van der Waals surface area contributed by atoms with E-state index in [0.29, 0.717) is 12.0 Å². The number of halogens is 1. The van der Waals surface area contributed by atoms with Crippen molar-refractivity contribution in [2.24, 2.45) is 5.10 Å². The summed E-state index contributed by atoms with van der Waals surface area (Å²) in [6, 6.07) is 3.78. The Balaban J connectivity index is 2.86. The topological polar surface area (TPSA) is 65.3 Å². The average Bonchev–Trinajstić information content (AvgIpc) is 2.17. The van der Waals surface area contributed by atoms with E-state index in [9.17, 15) is 9.18 Å². The molecule has 0 aromatic heterocycles. The number of rotatable bonds is 4. The van der Waals surface area contributed by atoms with E-state index >= 15 is 0 Å². The Kier molecular flexibility index (Phi) is 3.49. The molecule has 0 aliphatic rings. The molecule has 0 saturated heterocycles. The molecule has 0 saturated carbocycles. The van der Waals surface area contributed by atoms with E-state index in [1.165, 1.54) is 18.3 Å². The minimum absolute atomic E-state index is 0.234. The van der Waals surface area contributed by atoms with Gasteiger partial charge in [-0.15, -0.1) is 0 Å². The van der Waals surface area contributed by atoms with Gasteiger partial charge in [-0.2, -0.15) is 5.10 Å². The van der Waals surface area contributed by atoms with Gasteiger partial charge in [0.05, 0.1) is 11.9 Å². The summed E-state index contributed by atoms with van der Waals surface area (Å²) in [6.07, 6.45) is 2.73. The predicted molar refractivity (Wildman–Crippen MR) is 52.7 cm³/mol. The zero-order valence-corrected chi connectivity index (χ0v) is 7.20. The van der Waals surface area contributed by atoms with Gasteiger partial charge in [0, 0.05) is 11.8 Å². The van der Waals surface area contributed by atoms with Gasteiger partial charge < -0.3 is 5.41 Å². The van der Waals surface area contributed by atoms with Gasteiger partial charge in [-0.05, 0) is 18.2 Å². The third-order valence-electron chi connectivity index (χ3n) is 1.40. The number of carbonyl (C=O) groups excluding carboxylic acids is 1. The molecular formula is C9H8FN3O. The smallest absolute Gasteiger partial charge is 0.150 e. The highest BCUT2D eigenvalue weighted by molar-refractivity contribution is 6.14. The zero-order valence-electron chi connectivity index (χ0n) is 7.20. The van der Waals surface area contributed by atoms with E-state index in [2.05, 4.69) is 10.5 Å². The Morgan fingerprint density at radius 2 is 2.21 bits per heavy atom. The zero-order chi connectivity index (χ0) is 10.4. The van der Waals surface area contributed by atoms with Crippen molar-refractivity contribution in [1.82, 2.24) is 0 Å². The molecule has 0 fully saturated rings. The number of hydrogen-bond donors (Lipinski definition) is 2. The summed E-state index contributed by atoms with van der Waals surface area (Å²) in [7, 11) is 0. The first-order chi connectivity index (χ1) is 6.76. The molecule has 4 nitrogen and oxygen atoms in total. The van der Waals surface area contributed by atoms with Crippen molar-refractivity contribution in [3.63, 3.8) is 0 Å². The van der Waals surface area contributed by atoms with Gasteiger partial charge in [-0.3, -0.25) is 10.2 Å². The molecule has 2 N–H and O–H groups in total. The normalized spacial score (nSPS) is 10.1. The number of carbonyl (C=O) groups is 1. The molecule has 0 unspecified atom stereocenters. The minimum atomic E-state index is -0.512. The minimum Gasteiger partial charge on any atom is -0.307 e. The van der Waals surface area contributed by atoms with Crippen LogP contribution < -0.4 is 5.43 Å². The van der Waals surface area contributed by atoms with Gasteiger partial charge in [0.15, 0.2) is 0 Å². The summed E-state index contributed by atoms with van der Waals surface area (Å²) in [4.78, 5) is 10.4. The molecule has 1 rings (SSSR count). The number of anilines is 1. The summed E-state index contributed by atoms with van der Waals surface area (Å²) in [5.41, 5.74) is 3.08. The maximum atomic E-state index is 12.8. The molecule has 1 aromatic rings. The maximum absolute atomic E-state index is 12.8. The summed E-state index contributed by atoms with van der Waals surface area (Å²) in [5.74, 6) is -0.512. The van der Waals surface area contributed by atoms with E-state index in [0.717, 1.165) is 12.3 Å². The number of benzene rings is 1. The molecule has 0 radical (unpaired) electrons. The molecule has 1 aromatic carbocycles. The van der Waals surface area contributed by atoms with Crippen LogP contribution in [0.4, 0.5) is 10.1 Å². The molecule has 0 atom stereocenters. The third-order valence-corrected chi connectivity index (χ3v) is 1.40. The van der Waals surface area contributed by atoms with E-state index in [1.54, 1.807) is 0 Å². The monoisotopic (exact) mass is 193 g/mol. The number of nitrogens with zero attached hydrogens (tertiary/aromatic N) is 1. The van der Waals surface area contributed by atoms with Gasteiger partial charge >= 0.3 is 0 Å². The van der Waals surface area contributed by atoms with Crippen molar-refractivity contribution in [3.8, 4) is 0 Å². The van der Waals surface area contributed by atoms with Crippen LogP contribution >= 0.6 is 0 Å². The van der Waals surface area contributed by atoms with Crippen LogP contribution in [0.2, 0.25) is 0 Å². The molecule has 72 valence electrons. The SMILES string of the molecule is N=C/C=N\Nc1cc(F)cc(C=O)c1. The largest absolute Gasteiger partial charge is 0.307 e. The summed E-state index contributed by atoms with van der Waals surface area (Å²) in [6.45, 7) is 0. The average molecular weight is 193 g/mol. The quantitative estimate of drug-likeness (QED) is 0.434. The lowest BCUT2D eigenvalue weighted by molar-refractivity contribution is 0.112. The van der Waals surface area contributed by atoms with Gasteiger partial charge in [0.2, 0.25) is 0 Å². The van der Waals surface area contributed by atoms with Crippen molar-refractivity contribution in [3.05, 3.63) is 29.6 Å². The van der Waals surface area contributed by atoms with Crippen LogP contribution in [0, 0.1) is 11.2 Å². The Morgan fingerprint density at radius 3 is 2.86 bits per heavy atom. The lowest BCUT2D eigenvalue weighted by Gasteiger charge is -2.00. The van der Waals surface area contributed by atoms with Crippen molar-refractivity contribution in [2.45, 2.75) is 0 Å². The van der Waals surface area contributed by atoms with Gasteiger partial charge in [0.1, 0.15) is 12.1 Å². The number of hydrazone groups is 1. The van der Waals surface area contributed by atoms with Crippen LogP contribution in [0.15, 0.2) is 23.3 Å². The Morgan fingerprint density at radius 1 is 1.43 bits per heavy atom. The van der Waals surface area contributed by atoms with Crippen LogP contribution in [-0.4, -0.2) is 18.7 Å². The van der Waals surface area contributed by atoms with Gasteiger partial charge in [0.25, 0.3) is 0 Å². The second-order valence-electron chi connectivity index (χ2n) is 2.45. The first kappa shape index (κ1) is 10.0. The number of hydrogen-bond acceptors (Lipinski definition) is 4. The van der Waals surface area contributed by atoms with E-state index in [1.807, 2.05) is 0 Å². The third kappa shape index (κ3) is 2.78. The number of aldehydes is 1. The van der Waals surface area contributed by atoms with Gasteiger partial charge in [-0.1, -0.05) is 0 Å². The molecule has 0 bridgehead atoms. The molecule has 0 amide bonds. The highest BCUT2D eigenvalue weighted by Crippen LogP contribution is 2.12. The van der Waals surface area contributed by atoms with Crippen molar-refractivity contribution < 1.29 is 9.18 Å². The van der Waals surface area contributed by atoms with E-state index in [-0.39, 0.29) is 5.56 Å². The molecule has 0 heterocycles. The molecule has 0 aliphatic heterocycles. The van der Waals surface area contributed by atoms with Crippen LogP contribution in [0.25, 0.3) is 0 Å². The fourth-order valence-corrected chi connectivity index (χ4v) is 0.894. The summed E-state index contributed by atoms with van der Waals surface area (Å²) in [5, 5.41) is 10.2. The van der Waals surface area contributed by atoms with E-state index in [4.69, 9.17) is 5.41 Å². The first-order valence-corrected chi connectivity index (χ1v) is 3.80.